The lowest BCUT2D eigenvalue weighted by molar-refractivity contribution is -0.143. The second kappa shape index (κ2) is 14.7. The summed E-state index contributed by atoms with van der Waals surface area (Å²) in [5.74, 6) is 0.181. The van der Waals surface area contributed by atoms with Crippen LogP contribution in [0.15, 0.2) is 89.8 Å². The van der Waals surface area contributed by atoms with Crippen LogP contribution >= 0.6 is 11.6 Å². The van der Waals surface area contributed by atoms with Gasteiger partial charge < -0.3 is 19.5 Å². The molecule has 1 N–H and O–H groups in total. The number of nitrogens with zero attached hydrogens (tertiary/aromatic N) is 1. The Balaban J connectivity index is 1.69. The van der Waals surface area contributed by atoms with E-state index in [9.17, 15) is 18.0 Å². The van der Waals surface area contributed by atoms with Crippen molar-refractivity contribution in [3.05, 3.63) is 95.5 Å². The zero-order chi connectivity index (χ0) is 32.6. The molecule has 9 nitrogen and oxygen atoms in total. The summed E-state index contributed by atoms with van der Waals surface area (Å²) < 4.78 is 46.7. The van der Waals surface area contributed by atoms with Gasteiger partial charge in [0.05, 0.1) is 17.2 Å². The number of nitrogens with one attached hydrogen (secondary N) is 1. The van der Waals surface area contributed by atoms with Crippen molar-refractivity contribution < 1.29 is 32.2 Å². The number of benzene rings is 4. The zero-order valence-electron chi connectivity index (χ0n) is 25.7. The van der Waals surface area contributed by atoms with Crippen LogP contribution in [0.5, 0.6) is 11.5 Å². The molecule has 0 aliphatic carbocycles. The molecule has 0 fully saturated rings. The van der Waals surface area contributed by atoms with E-state index < -0.39 is 27.7 Å². The minimum absolute atomic E-state index is 0.0256. The van der Waals surface area contributed by atoms with Crippen LogP contribution in [0.25, 0.3) is 10.8 Å². The van der Waals surface area contributed by atoms with E-state index in [2.05, 4.69) is 5.32 Å². The molecule has 0 radical (unpaired) electrons. The molecule has 11 heteroatoms. The summed E-state index contributed by atoms with van der Waals surface area (Å²) in [7, 11) is -4.16. The first-order chi connectivity index (χ1) is 21.4. The standard InChI is InChI=1S/C34H37ClN2O7S/c1-5-42-32(38)17-10-20-37(45(40,41)31-16-9-13-25-12-6-7-15-28(25)31)29-19-18-26(35)22-30(29)43-27-14-8-11-24(21-27)23-36-33(39)44-34(2,3)4/h6-9,11-16,18-19,21-22H,5,10,17,20,23H2,1-4H3,(H,36,39). The second-order valence-corrected chi connectivity index (χ2v) is 13.4. The third-order valence-corrected chi connectivity index (χ3v) is 8.62. The average Bonchev–Trinajstić information content (AvgIpc) is 2.98. The predicted molar refractivity (Wildman–Crippen MR) is 175 cm³/mol. The first-order valence-electron chi connectivity index (χ1n) is 14.6. The molecule has 4 aromatic carbocycles. The Labute approximate surface area is 269 Å². The zero-order valence-corrected chi connectivity index (χ0v) is 27.3. The third-order valence-electron chi connectivity index (χ3n) is 6.52. The topological polar surface area (TPSA) is 111 Å². The van der Waals surface area contributed by atoms with Gasteiger partial charge in [0.15, 0.2) is 5.75 Å². The first-order valence-corrected chi connectivity index (χ1v) is 16.4. The lowest BCUT2D eigenvalue weighted by Crippen LogP contribution is -2.33. The number of carbonyl (C=O) groups excluding carboxylic acids is 2. The third kappa shape index (κ3) is 9.12. The van der Waals surface area contributed by atoms with E-state index in [-0.39, 0.29) is 48.9 Å². The maximum atomic E-state index is 14.4. The Kier molecular flexibility index (Phi) is 11.0. The fourth-order valence-electron chi connectivity index (χ4n) is 4.62. The minimum Gasteiger partial charge on any atom is -0.466 e. The summed E-state index contributed by atoms with van der Waals surface area (Å²) in [4.78, 5) is 24.4. The van der Waals surface area contributed by atoms with Crippen molar-refractivity contribution in [2.45, 2.75) is 57.6 Å². The van der Waals surface area contributed by atoms with Gasteiger partial charge in [0.1, 0.15) is 11.4 Å². The maximum Gasteiger partial charge on any atom is 0.407 e. The molecule has 4 rings (SSSR count). The second-order valence-electron chi connectivity index (χ2n) is 11.2. The molecule has 0 aromatic heterocycles. The number of ether oxygens (including phenoxy) is 3. The van der Waals surface area contributed by atoms with E-state index in [1.165, 1.54) is 4.31 Å². The maximum absolute atomic E-state index is 14.4. The van der Waals surface area contributed by atoms with Crippen molar-refractivity contribution >= 4 is 50.1 Å². The lowest BCUT2D eigenvalue weighted by atomic mass is 10.1. The molecule has 0 unspecified atom stereocenters. The molecule has 0 saturated carbocycles. The first kappa shape index (κ1) is 33.6. The van der Waals surface area contributed by atoms with Gasteiger partial charge in [-0.25, -0.2) is 13.2 Å². The van der Waals surface area contributed by atoms with Crippen molar-refractivity contribution in [1.82, 2.24) is 5.32 Å². The van der Waals surface area contributed by atoms with E-state index in [4.69, 9.17) is 25.8 Å². The number of amides is 1. The molecule has 0 aliphatic heterocycles. The van der Waals surface area contributed by atoms with Crippen LogP contribution in [0.1, 0.15) is 46.1 Å². The summed E-state index contributed by atoms with van der Waals surface area (Å²) in [5, 5.41) is 4.39. The molecule has 0 aliphatic rings. The Hall–Kier alpha value is -4.28. The normalized spacial score (nSPS) is 11.6. The smallest absolute Gasteiger partial charge is 0.407 e. The van der Waals surface area contributed by atoms with E-state index in [0.717, 1.165) is 10.9 Å². The van der Waals surface area contributed by atoms with Crippen LogP contribution in [0.2, 0.25) is 5.02 Å². The molecule has 0 heterocycles. The molecule has 238 valence electrons. The molecule has 4 aromatic rings. The van der Waals surface area contributed by atoms with Gasteiger partial charge in [0.2, 0.25) is 0 Å². The molecular weight excluding hydrogens is 616 g/mol. The summed E-state index contributed by atoms with van der Waals surface area (Å²) in [6.07, 6.45) is -0.314. The number of fused-ring (bicyclic) bond motifs is 1. The van der Waals surface area contributed by atoms with Crippen molar-refractivity contribution in [2.24, 2.45) is 0 Å². The van der Waals surface area contributed by atoms with E-state index >= 15 is 0 Å². The Morgan fingerprint density at radius 2 is 1.67 bits per heavy atom. The highest BCUT2D eigenvalue weighted by Gasteiger charge is 2.29. The number of esters is 1. The average molecular weight is 653 g/mol. The summed E-state index contributed by atoms with van der Waals surface area (Å²) in [6.45, 7) is 7.46. The SMILES string of the molecule is CCOC(=O)CCCN(c1ccc(Cl)cc1Oc1cccc(CNC(=O)OC(C)(C)C)c1)S(=O)(=O)c1cccc2ccccc12. The summed E-state index contributed by atoms with van der Waals surface area (Å²) >= 11 is 6.38. The highest BCUT2D eigenvalue weighted by atomic mass is 35.5. The Morgan fingerprint density at radius 1 is 0.933 bits per heavy atom. The minimum atomic E-state index is -4.16. The monoisotopic (exact) mass is 652 g/mol. The summed E-state index contributed by atoms with van der Waals surface area (Å²) in [5.41, 5.74) is 0.345. The predicted octanol–water partition coefficient (Wildman–Crippen LogP) is 7.85. The van der Waals surface area contributed by atoms with Gasteiger partial charge in [-0.3, -0.25) is 9.10 Å². The van der Waals surface area contributed by atoms with Gasteiger partial charge in [0, 0.05) is 36.0 Å². The fourth-order valence-corrected chi connectivity index (χ4v) is 6.51. The number of sulfonamides is 1. The summed E-state index contributed by atoms with van der Waals surface area (Å²) in [6, 6.07) is 24.1. The Bertz CT molecular complexity index is 1760. The molecule has 0 bridgehead atoms. The largest absolute Gasteiger partial charge is 0.466 e. The van der Waals surface area contributed by atoms with Crippen LogP contribution in [0.3, 0.4) is 0 Å². The highest BCUT2D eigenvalue weighted by molar-refractivity contribution is 7.93. The van der Waals surface area contributed by atoms with Crippen LogP contribution < -0.4 is 14.4 Å². The number of alkyl carbamates (subject to hydrolysis) is 1. The van der Waals surface area contributed by atoms with Crippen LogP contribution in [-0.2, 0) is 30.8 Å². The van der Waals surface area contributed by atoms with Gasteiger partial charge in [-0.2, -0.15) is 0 Å². The van der Waals surface area contributed by atoms with Crippen molar-refractivity contribution in [3.63, 3.8) is 0 Å². The molecule has 0 spiro atoms. The van der Waals surface area contributed by atoms with Gasteiger partial charge in [-0.05, 0) is 75.4 Å². The van der Waals surface area contributed by atoms with Crippen molar-refractivity contribution in [2.75, 3.05) is 17.5 Å². The van der Waals surface area contributed by atoms with Gasteiger partial charge in [-0.1, -0.05) is 60.1 Å². The van der Waals surface area contributed by atoms with Crippen molar-refractivity contribution in [3.8, 4) is 11.5 Å². The molecule has 45 heavy (non-hydrogen) atoms. The number of halogens is 1. The molecular formula is C34H37ClN2O7S. The highest BCUT2D eigenvalue weighted by Crippen LogP contribution is 2.39. The van der Waals surface area contributed by atoms with E-state index in [0.29, 0.717) is 16.2 Å². The molecule has 0 atom stereocenters. The van der Waals surface area contributed by atoms with Crippen LogP contribution in [0, 0.1) is 0 Å². The molecule has 0 saturated heterocycles. The number of carbonyl (C=O) groups is 2. The number of anilines is 1. The van der Waals surface area contributed by atoms with E-state index in [1.807, 2.05) is 24.3 Å². The number of rotatable bonds is 12. The van der Waals surface area contributed by atoms with Gasteiger partial charge >= 0.3 is 12.1 Å². The molecule has 1 amide bonds. The van der Waals surface area contributed by atoms with Gasteiger partial charge in [0.25, 0.3) is 10.0 Å². The lowest BCUT2D eigenvalue weighted by Gasteiger charge is -2.27. The van der Waals surface area contributed by atoms with Crippen LogP contribution in [0.4, 0.5) is 10.5 Å². The number of hydrogen-bond donors (Lipinski definition) is 1. The van der Waals surface area contributed by atoms with Crippen LogP contribution in [-0.4, -0.2) is 39.2 Å². The fraction of sp³-hybridized carbons (Fsp3) is 0.294. The quantitative estimate of drug-likeness (QED) is 0.155. The van der Waals surface area contributed by atoms with Crippen molar-refractivity contribution in [1.29, 1.82) is 0 Å². The van der Waals surface area contributed by atoms with E-state index in [1.54, 1.807) is 88.4 Å². The van der Waals surface area contributed by atoms with Gasteiger partial charge in [-0.15, -0.1) is 0 Å². The Morgan fingerprint density at radius 3 is 2.42 bits per heavy atom. The number of hydrogen-bond acceptors (Lipinski definition) is 7.